The number of methoxy groups -OCH3 is 1. The van der Waals surface area contributed by atoms with Crippen molar-refractivity contribution in [2.75, 3.05) is 7.11 Å². The van der Waals surface area contributed by atoms with Gasteiger partial charge in [0, 0.05) is 0 Å². The predicted molar refractivity (Wildman–Crippen MR) is 73.7 cm³/mol. The monoisotopic (exact) mass is 266 g/mol. The number of aliphatic hydroxyl groups excluding tert-OH is 1. The number of hydrogen-bond acceptors (Lipinski definition) is 2. The fourth-order valence-corrected chi connectivity index (χ4v) is 3.41. The molecule has 1 unspecified atom stereocenters. The van der Waals surface area contributed by atoms with Crippen molar-refractivity contribution in [3.8, 4) is 5.75 Å². The van der Waals surface area contributed by atoms with E-state index in [4.69, 9.17) is 4.74 Å². The van der Waals surface area contributed by atoms with Gasteiger partial charge in [-0.1, -0.05) is 33.8 Å². The van der Waals surface area contributed by atoms with Crippen molar-refractivity contribution in [2.24, 2.45) is 16.7 Å². The number of aliphatic hydroxyl groups is 1. The van der Waals surface area contributed by atoms with Crippen molar-refractivity contribution >= 4 is 0 Å². The van der Waals surface area contributed by atoms with Crippen LogP contribution in [0.15, 0.2) is 18.2 Å². The summed E-state index contributed by atoms with van der Waals surface area (Å²) in [5.41, 5.74) is 1.08. The van der Waals surface area contributed by atoms with Crippen LogP contribution in [0.2, 0.25) is 0 Å². The average Bonchev–Trinajstić information content (AvgIpc) is 2.69. The molecule has 1 aromatic rings. The van der Waals surface area contributed by atoms with Crippen molar-refractivity contribution in [1.82, 2.24) is 0 Å². The van der Waals surface area contributed by atoms with Crippen molar-refractivity contribution < 1.29 is 14.2 Å². The van der Waals surface area contributed by atoms with Crippen LogP contribution in [0.3, 0.4) is 0 Å². The van der Waals surface area contributed by atoms with Gasteiger partial charge < -0.3 is 9.84 Å². The SMILES string of the molecule is COc1ccc(CC(O)C2C(C)(C)C2(C)C)cc1F. The highest BCUT2D eigenvalue weighted by atomic mass is 19.1. The van der Waals surface area contributed by atoms with Crippen molar-refractivity contribution in [3.05, 3.63) is 29.6 Å². The molecule has 3 heteroatoms. The molecule has 0 aromatic heterocycles. The Labute approximate surface area is 114 Å². The molecule has 0 amide bonds. The Kier molecular flexibility index (Phi) is 3.38. The maximum Gasteiger partial charge on any atom is 0.165 e. The lowest BCUT2D eigenvalue weighted by molar-refractivity contribution is 0.129. The molecule has 0 radical (unpaired) electrons. The molecule has 1 aliphatic rings. The van der Waals surface area contributed by atoms with Crippen LogP contribution < -0.4 is 4.74 Å². The van der Waals surface area contributed by atoms with Crippen LogP contribution in [0.4, 0.5) is 4.39 Å². The van der Waals surface area contributed by atoms with E-state index in [1.54, 1.807) is 6.07 Å². The Bertz CT molecular complexity index is 466. The molecule has 1 aliphatic carbocycles. The summed E-state index contributed by atoms with van der Waals surface area (Å²) in [4.78, 5) is 0. The van der Waals surface area contributed by atoms with E-state index in [1.165, 1.54) is 13.2 Å². The van der Waals surface area contributed by atoms with E-state index < -0.39 is 6.10 Å². The number of ether oxygens (including phenoxy) is 1. The Balaban J connectivity index is 2.09. The van der Waals surface area contributed by atoms with Gasteiger partial charge in [0.1, 0.15) is 0 Å². The van der Waals surface area contributed by atoms with Gasteiger partial charge in [-0.2, -0.15) is 0 Å². The third kappa shape index (κ3) is 2.25. The normalized spacial score (nSPS) is 22.1. The fraction of sp³-hybridized carbons (Fsp3) is 0.625. The van der Waals surface area contributed by atoms with Gasteiger partial charge in [0.15, 0.2) is 11.6 Å². The lowest BCUT2D eigenvalue weighted by Gasteiger charge is -2.13. The summed E-state index contributed by atoms with van der Waals surface area (Å²) in [6, 6.07) is 4.87. The molecule has 19 heavy (non-hydrogen) atoms. The smallest absolute Gasteiger partial charge is 0.165 e. The number of benzene rings is 1. The highest BCUT2D eigenvalue weighted by Gasteiger charge is 2.66. The van der Waals surface area contributed by atoms with Crippen molar-refractivity contribution in [1.29, 1.82) is 0 Å². The minimum Gasteiger partial charge on any atom is -0.494 e. The topological polar surface area (TPSA) is 29.5 Å². The summed E-state index contributed by atoms with van der Waals surface area (Å²) in [5.74, 6) is 0.122. The Morgan fingerprint density at radius 3 is 2.26 bits per heavy atom. The second-order valence-electron chi connectivity index (χ2n) is 6.66. The van der Waals surface area contributed by atoms with E-state index in [2.05, 4.69) is 27.7 Å². The Morgan fingerprint density at radius 2 is 1.84 bits per heavy atom. The lowest BCUT2D eigenvalue weighted by Crippen LogP contribution is -2.17. The molecule has 0 bridgehead atoms. The van der Waals surface area contributed by atoms with E-state index in [-0.39, 0.29) is 28.3 Å². The molecule has 0 heterocycles. The van der Waals surface area contributed by atoms with Crippen LogP contribution in [0.5, 0.6) is 5.75 Å². The Morgan fingerprint density at radius 1 is 1.26 bits per heavy atom. The molecule has 1 saturated carbocycles. The van der Waals surface area contributed by atoms with E-state index in [0.29, 0.717) is 6.42 Å². The largest absolute Gasteiger partial charge is 0.494 e. The van der Waals surface area contributed by atoms with Crippen LogP contribution in [-0.4, -0.2) is 18.3 Å². The van der Waals surface area contributed by atoms with E-state index >= 15 is 0 Å². The van der Waals surface area contributed by atoms with Crippen LogP contribution in [-0.2, 0) is 6.42 Å². The first-order valence-electron chi connectivity index (χ1n) is 6.72. The van der Waals surface area contributed by atoms with Gasteiger partial charge in [-0.25, -0.2) is 4.39 Å². The summed E-state index contributed by atoms with van der Waals surface area (Å²) in [6.07, 6.45) is 0.0520. The summed E-state index contributed by atoms with van der Waals surface area (Å²) in [7, 11) is 1.45. The molecule has 2 nitrogen and oxygen atoms in total. The summed E-state index contributed by atoms with van der Waals surface area (Å²) in [5, 5.41) is 10.4. The first-order chi connectivity index (χ1) is 8.71. The molecule has 2 rings (SSSR count). The minimum absolute atomic E-state index is 0.136. The second-order valence-corrected chi connectivity index (χ2v) is 6.66. The third-order valence-electron chi connectivity index (χ3n) is 5.18. The number of halogens is 1. The van der Waals surface area contributed by atoms with Gasteiger partial charge in [0.2, 0.25) is 0 Å². The molecule has 0 spiro atoms. The molecule has 1 fully saturated rings. The van der Waals surface area contributed by atoms with Gasteiger partial charge >= 0.3 is 0 Å². The van der Waals surface area contributed by atoms with E-state index in [1.807, 2.05) is 6.07 Å². The minimum atomic E-state index is -0.433. The van der Waals surface area contributed by atoms with Crippen molar-refractivity contribution in [3.63, 3.8) is 0 Å². The standard InChI is InChI=1S/C16H23FO2/c1-15(2)14(16(15,3)4)12(18)9-10-6-7-13(19-5)11(17)8-10/h6-8,12,14,18H,9H2,1-5H3. The van der Waals surface area contributed by atoms with E-state index in [0.717, 1.165) is 5.56 Å². The molecule has 0 aliphatic heterocycles. The molecule has 1 N–H and O–H groups in total. The quantitative estimate of drug-likeness (QED) is 0.905. The summed E-state index contributed by atoms with van der Waals surface area (Å²) >= 11 is 0. The predicted octanol–water partition coefficient (Wildman–Crippen LogP) is 3.42. The van der Waals surface area contributed by atoms with Crippen LogP contribution in [0.25, 0.3) is 0 Å². The first-order valence-corrected chi connectivity index (χ1v) is 6.72. The van der Waals surface area contributed by atoms with Gasteiger partial charge in [-0.05, 0) is 40.9 Å². The first kappa shape index (κ1) is 14.3. The average molecular weight is 266 g/mol. The zero-order valence-corrected chi connectivity index (χ0v) is 12.3. The Hall–Kier alpha value is -1.09. The molecular weight excluding hydrogens is 243 g/mol. The fourth-order valence-electron chi connectivity index (χ4n) is 3.41. The zero-order chi connectivity index (χ0) is 14.4. The third-order valence-corrected chi connectivity index (χ3v) is 5.18. The van der Waals surface area contributed by atoms with Crippen LogP contribution >= 0.6 is 0 Å². The maximum absolute atomic E-state index is 13.6. The molecular formula is C16H23FO2. The molecule has 106 valence electrons. The summed E-state index contributed by atoms with van der Waals surface area (Å²) in [6.45, 7) is 8.70. The van der Waals surface area contributed by atoms with Gasteiger partial charge in [-0.15, -0.1) is 0 Å². The second kappa shape index (κ2) is 4.48. The van der Waals surface area contributed by atoms with Crippen molar-refractivity contribution in [2.45, 2.75) is 40.2 Å². The maximum atomic E-state index is 13.6. The van der Waals surface area contributed by atoms with Gasteiger partial charge in [0.05, 0.1) is 13.2 Å². The lowest BCUT2D eigenvalue weighted by atomic mass is 9.99. The van der Waals surface area contributed by atoms with Gasteiger partial charge in [-0.3, -0.25) is 0 Å². The van der Waals surface area contributed by atoms with Crippen LogP contribution in [0.1, 0.15) is 33.3 Å². The molecule has 1 atom stereocenters. The number of rotatable bonds is 4. The number of hydrogen-bond donors (Lipinski definition) is 1. The highest BCUT2D eigenvalue weighted by molar-refractivity contribution is 5.30. The zero-order valence-electron chi connectivity index (χ0n) is 12.3. The van der Waals surface area contributed by atoms with Gasteiger partial charge in [0.25, 0.3) is 0 Å². The van der Waals surface area contributed by atoms with Crippen LogP contribution in [0, 0.1) is 22.6 Å². The summed E-state index contributed by atoms with van der Waals surface area (Å²) < 4.78 is 18.5. The highest BCUT2D eigenvalue weighted by Crippen LogP contribution is 2.69. The molecule has 1 aromatic carbocycles. The molecule has 0 saturated heterocycles. The van der Waals surface area contributed by atoms with E-state index in [9.17, 15) is 9.50 Å².